The third-order valence-electron chi connectivity index (χ3n) is 6.68. The molecule has 0 bridgehead atoms. The van der Waals surface area contributed by atoms with Gasteiger partial charge in [0, 0.05) is 44.1 Å². The molecule has 15 heteroatoms. The van der Waals surface area contributed by atoms with Gasteiger partial charge < -0.3 is 34.6 Å². The van der Waals surface area contributed by atoms with Gasteiger partial charge in [-0.15, -0.1) is 0 Å². The van der Waals surface area contributed by atoms with E-state index in [0.717, 1.165) is 25.3 Å². The fourth-order valence-corrected chi connectivity index (χ4v) is 4.29. The number of imidazole rings is 1. The summed E-state index contributed by atoms with van der Waals surface area (Å²) in [6.45, 7) is -0.421. The van der Waals surface area contributed by atoms with Crippen LogP contribution in [0.4, 0.5) is 23.7 Å². The summed E-state index contributed by atoms with van der Waals surface area (Å²) < 4.78 is 53.1. The number of benzene rings is 2. The number of nitrogens with zero attached hydrogens (tertiary/aromatic N) is 3. The Kier molecular flexibility index (Phi) is 10.8. The number of hydrogen-bond acceptors (Lipinski definition) is 7. The van der Waals surface area contributed by atoms with E-state index >= 15 is 0 Å². The van der Waals surface area contributed by atoms with Gasteiger partial charge >= 0.3 is 6.09 Å². The third kappa shape index (κ3) is 8.52. The molecule has 0 radical (unpaired) electrons. The molecular formula is C31H31F3N6O6. The number of methoxy groups -OCH3 is 1. The number of alkyl carbamates (subject to hydrolysis) is 1. The maximum atomic E-state index is 14.4. The largest absolute Gasteiger partial charge is 0.486 e. The molecule has 3 amide bonds. The maximum Gasteiger partial charge on any atom is 0.407 e. The van der Waals surface area contributed by atoms with Crippen molar-refractivity contribution in [3.8, 4) is 5.75 Å². The van der Waals surface area contributed by atoms with Crippen molar-refractivity contribution >= 4 is 34.6 Å². The van der Waals surface area contributed by atoms with Crippen LogP contribution in [0.25, 0.3) is 11.0 Å². The molecule has 2 aromatic carbocycles. The van der Waals surface area contributed by atoms with Crippen LogP contribution in [0.1, 0.15) is 24.2 Å². The second-order valence-corrected chi connectivity index (χ2v) is 10.3. The number of amides is 3. The number of ether oxygens (including phenoxy) is 2. The summed E-state index contributed by atoms with van der Waals surface area (Å²) in [5.41, 5.74) is -0.160. The average molecular weight is 641 g/mol. The van der Waals surface area contributed by atoms with E-state index in [4.69, 9.17) is 4.74 Å². The Morgan fingerprint density at radius 3 is 2.61 bits per heavy atom. The zero-order valence-electron chi connectivity index (χ0n) is 25.1. The van der Waals surface area contributed by atoms with Crippen LogP contribution in [0.3, 0.4) is 0 Å². The Balaban J connectivity index is 1.50. The molecule has 2 heterocycles. The van der Waals surface area contributed by atoms with E-state index in [1.54, 1.807) is 20.2 Å². The van der Waals surface area contributed by atoms with Crippen LogP contribution in [0.2, 0.25) is 0 Å². The highest BCUT2D eigenvalue weighted by Crippen LogP contribution is 2.27. The fourth-order valence-electron chi connectivity index (χ4n) is 4.29. The first-order valence-electron chi connectivity index (χ1n) is 13.9. The molecule has 1 atom stereocenters. The number of hydrogen-bond donors (Lipinski definition) is 3. The maximum absolute atomic E-state index is 14.4. The van der Waals surface area contributed by atoms with Gasteiger partial charge in [0.1, 0.15) is 52.9 Å². The molecule has 4 aromatic rings. The molecular weight excluding hydrogens is 609 g/mol. The molecule has 0 aliphatic rings. The van der Waals surface area contributed by atoms with Crippen molar-refractivity contribution in [1.82, 2.24) is 24.8 Å². The van der Waals surface area contributed by atoms with Gasteiger partial charge in [-0.1, -0.05) is 6.08 Å². The van der Waals surface area contributed by atoms with Crippen molar-refractivity contribution in [2.75, 3.05) is 26.5 Å². The highest BCUT2D eigenvalue weighted by atomic mass is 19.1. The van der Waals surface area contributed by atoms with Crippen molar-refractivity contribution in [3.63, 3.8) is 0 Å². The molecule has 46 heavy (non-hydrogen) atoms. The van der Waals surface area contributed by atoms with Crippen molar-refractivity contribution in [1.29, 1.82) is 0 Å². The molecule has 0 aliphatic heterocycles. The summed E-state index contributed by atoms with van der Waals surface area (Å²) in [6.07, 6.45) is 3.87. The van der Waals surface area contributed by atoms with Crippen LogP contribution in [0, 0.1) is 17.5 Å². The topological polar surface area (TPSA) is 148 Å². The van der Waals surface area contributed by atoms with Crippen LogP contribution in [-0.4, -0.2) is 64.6 Å². The smallest absolute Gasteiger partial charge is 0.407 e. The monoisotopic (exact) mass is 640 g/mol. The van der Waals surface area contributed by atoms with E-state index in [2.05, 4.69) is 25.3 Å². The zero-order valence-corrected chi connectivity index (χ0v) is 25.1. The molecule has 3 N–H and O–H groups in total. The number of fused-ring (bicyclic) bond motifs is 1. The number of carbonyl (C=O) groups is 3. The second kappa shape index (κ2) is 14.9. The number of rotatable bonds is 12. The van der Waals surface area contributed by atoms with E-state index in [1.165, 1.54) is 39.9 Å². The summed E-state index contributed by atoms with van der Waals surface area (Å²) in [4.78, 5) is 58.6. The van der Waals surface area contributed by atoms with Crippen LogP contribution in [0.15, 0.2) is 65.6 Å². The van der Waals surface area contributed by atoms with Crippen LogP contribution < -0.4 is 20.9 Å². The van der Waals surface area contributed by atoms with E-state index in [9.17, 15) is 32.3 Å². The summed E-state index contributed by atoms with van der Waals surface area (Å²) in [7, 11) is 4.33. The lowest BCUT2D eigenvalue weighted by molar-refractivity contribution is -0.123. The van der Waals surface area contributed by atoms with E-state index < -0.39 is 41.1 Å². The number of nitrogens with one attached hydrogen (secondary N) is 3. The fraction of sp³-hybridized carbons (Fsp3) is 0.258. The van der Waals surface area contributed by atoms with Gasteiger partial charge in [-0.25, -0.2) is 22.9 Å². The van der Waals surface area contributed by atoms with Crippen molar-refractivity contribution in [2.45, 2.75) is 32.0 Å². The van der Waals surface area contributed by atoms with Gasteiger partial charge in [-0.05, 0) is 43.2 Å². The molecule has 0 saturated heterocycles. The van der Waals surface area contributed by atoms with Gasteiger partial charge in [0.05, 0.1) is 19.2 Å². The Morgan fingerprint density at radius 2 is 1.89 bits per heavy atom. The molecule has 0 aliphatic carbocycles. The van der Waals surface area contributed by atoms with Gasteiger partial charge in [0.25, 0.3) is 5.56 Å². The van der Waals surface area contributed by atoms with Crippen molar-refractivity contribution < 1.29 is 37.0 Å². The first-order chi connectivity index (χ1) is 21.9. The Labute approximate surface area is 260 Å². The molecule has 4 rings (SSSR count). The lowest BCUT2D eigenvalue weighted by Gasteiger charge is -2.17. The number of anilines is 1. The summed E-state index contributed by atoms with van der Waals surface area (Å²) in [5, 5.41) is 4.94. The highest BCUT2D eigenvalue weighted by molar-refractivity contribution is 5.96. The molecule has 242 valence electrons. The molecule has 0 spiro atoms. The standard InChI is InChI=1S/C31H31F3N6O6/c1-39(2)27(41)9-5-4-7-22(37-31(44)45-3)29(42)36-23-8-6-12-40(30(23)43)16-26-35-24-14-20(33)15-25(28(24)38-26)46-17-18-10-11-19(32)13-21(18)34/h5-6,8-15,22H,4,7,16-17H2,1-3H3,(H,35,38)(H,36,42)(H,37,44)/b9-5+. The van der Waals surface area contributed by atoms with Crippen molar-refractivity contribution in [2.24, 2.45) is 0 Å². The lowest BCUT2D eigenvalue weighted by atomic mass is 10.1. The number of aromatic amines is 1. The molecule has 0 saturated carbocycles. The van der Waals surface area contributed by atoms with Crippen LogP contribution in [-0.2, 0) is 27.5 Å². The molecule has 12 nitrogen and oxygen atoms in total. The Morgan fingerprint density at radius 1 is 1.11 bits per heavy atom. The van der Waals surface area contributed by atoms with Gasteiger partial charge in [-0.2, -0.15) is 0 Å². The molecule has 1 unspecified atom stereocenters. The average Bonchev–Trinajstić information content (AvgIpc) is 3.41. The Hall–Kier alpha value is -5.60. The minimum absolute atomic E-state index is 0.0240. The number of likely N-dealkylation sites (N-methyl/N-ethyl adjacent to an activating group) is 1. The summed E-state index contributed by atoms with van der Waals surface area (Å²) in [6, 6.07) is 7.06. The number of aromatic nitrogens is 3. The second-order valence-electron chi connectivity index (χ2n) is 10.3. The first-order valence-corrected chi connectivity index (χ1v) is 13.9. The lowest BCUT2D eigenvalue weighted by Crippen LogP contribution is -2.44. The highest BCUT2D eigenvalue weighted by Gasteiger charge is 2.22. The van der Waals surface area contributed by atoms with Gasteiger partial charge in [-0.3, -0.25) is 14.4 Å². The molecule has 2 aromatic heterocycles. The van der Waals surface area contributed by atoms with E-state index in [-0.39, 0.29) is 65.8 Å². The van der Waals surface area contributed by atoms with E-state index in [1.807, 2.05) is 0 Å². The van der Waals surface area contributed by atoms with E-state index in [0.29, 0.717) is 6.07 Å². The molecule has 0 fully saturated rings. The van der Waals surface area contributed by atoms with Gasteiger partial charge in [0.2, 0.25) is 11.8 Å². The summed E-state index contributed by atoms with van der Waals surface area (Å²) in [5.74, 6) is -2.89. The summed E-state index contributed by atoms with van der Waals surface area (Å²) >= 11 is 0. The number of halogens is 3. The first kappa shape index (κ1) is 33.3. The van der Waals surface area contributed by atoms with Crippen LogP contribution in [0.5, 0.6) is 5.75 Å². The zero-order chi connectivity index (χ0) is 33.4. The van der Waals surface area contributed by atoms with Crippen molar-refractivity contribution in [3.05, 3.63) is 100 Å². The quantitative estimate of drug-likeness (QED) is 0.199. The number of carbonyl (C=O) groups excluding carboxylic acids is 3. The Bertz CT molecular complexity index is 1840. The minimum atomic E-state index is -1.09. The number of H-pyrrole nitrogens is 1. The normalized spacial score (nSPS) is 11.8. The third-order valence-corrected chi connectivity index (χ3v) is 6.68. The number of allylic oxidation sites excluding steroid dienone is 1. The number of pyridine rings is 1. The SMILES string of the molecule is COC(=O)NC(CC/C=C/C(=O)N(C)C)C(=O)Nc1cccn(Cc2nc3cc(F)cc(OCc4ccc(F)cc4F)c3[nH]2)c1=O. The van der Waals surface area contributed by atoms with Gasteiger partial charge in [0.15, 0.2) is 0 Å². The predicted octanol–water partition coefficient (Wildman–Crippen LogP) is 3.86. The minimum Gasteiger partial charge on any atom is -0.486 e. The predicted molar refractivity (Wildman–Crippen MR) is 162 cm³/mol. The van der Waals surface area contributed by atoms with Crippen LogP contribution >= 0.6 is 0 Å².